The highest BCUT2D eigenvalue weighted by molar-refractivity contribution is 4.59. The van der Waals surface area contributed by atoms with Gasteiger partial charge in [0.1, 0.15) is 0 Å². The monoisotopic (exact) mass is 408 g/mol. The summed E-state index contributed by atoms with van der Waals surface area (Å²) >= 11 is 0. The van der Waals surface area contributed by atoms with E-state index in [-0.39, 0.29) is 0 Å². The van der Waals surface area contributed by atoms with Crippen molar-refractivity contribution in [1.82, 2.24) is 10.6 Å². The van der Waals surface area contributed by atoms with Gasteiger partial charge in [-0.15, -0.1) is 0 Å². The summed E-state index contributed by atoms with van der Waals surface area (Å²) in [5.41, 5.74) is 0. The third kappa shape index (κ3) is 22.0. The van der Waals surface area contributed by atoms with Crippen LogP contribution in [0.5, 0.6) is 0 Å². The number of rotatable bonds is 21. The van der Waals surface area contributed by atoms with Crippen LogP contribution in [0.2, 0.25) is 0 Å². The van der Waals surface area contributed by atoms with E-state index in [4.69, 9.17) is 18.9 Å². The first-order valence-electron chi connectivity index (χ1n) is 10.5. The van der Waals surface area contributed by atoms with Gasteiger partial charge in [-0.05, 0) is 11.8 Å². The average molecular weight is 409 g/mol. The smallest absolute Gasteiger partial charge is 0.0897 e. The van der Waals surface area contributed by atoms with Crippen molar-refractivity contribution < 1.29 is 29.2 Å². The number of hydrogen-bond acceptors (Lipinski definition) is 8. The lowest BCUT2D eigenvalue weighted by atomic mass is 10.2. The molecule has 0 rings (SSSR count). The van der Waals surface area contributed by atoms with Gasteiger partial charge in [0.2, 0.25) is 0 Å². The molecule has 8 heteroatoms. The molecule has 2 unspecified atom stereocenters. The van der Waals surface area contributed by atoms with E-state index in [1.807, 2.05) is 0 Å². The molecule has 0 aromatic heterocycles. The van der Waals surface area contributed by atoms with Crippen LogP contribution in [-0.2, 0) is 18.9 Å². The first kappa shape index (κ1) is 27.7. The molecule has 0 heterocycles. The van der Waals surface area contributed by atoms with Crippen molar-refractivity contribution in [2.45, 2.75) is 39.9 Å². The van der Waals surface area contributed by atoms with Crippen LogP contribution < -0.4 is 10.6 Å². The maximum Gasteiger partial charge on any atom is 0.0897 e. The second kappa shape index (κ2) is 20.0. The van der Waals surface area contributed by atoms with E-state index in [1.165, 1.54) is 0 Å². The minimum absolute atomic E-state index is 0.357. The molecule has 0 bridgehead atoms. The second-order valence-corrected chi connectivity index (χ2v) is 7.80. The van der Waals surface area contributed by atoms with Gasteiger partial charge in [0.05, 0.1) is 51.8 Å². The standard InChI is InChI=1S/C20H44N2O6/c1-17(2)13-27-15-19(23)11-21-5-7-25-9-10-26-8-6-22-12-20(24)16-28-14-18(3)4/h17-24H,5-16H2,1-4H3. The third-order valence-corrected chi connectivity index (χ3v) is 3.50. The van der Waals surface area contributed by atoms with Gasteiger partial charge in [0.15, 0.2) is 0 Å². The molecule has 0 aliphatic heterocycles. The van der Waals surface area contributed by atoms with Crippen LogP contribution in [0, 0.1) is 11.8 Å². The Morgan fingerprint density at radius 1 is 0.571 bits per heavy atom. The molecular weight excluding hydrogens is 364 g/mol. The zero-order valence-electron chi connectivity index (χ0n) is 18.3. The van der Waals surface area contributed by atoms with Crippen LogP contribution in [-0.4, -0.2) is 101 Å². The zero-order chi connectivity index (χ0) is 21.0. The van der Waals surface area contributed by atoms with Gasteiger partial charge in [0.25, 0.3) is 0 Å². The van der Waals surface area contributed by atoms with Gasteiger partial charge < -0.3 is 39.8 Å². The Bertz CT molecular complexity index is 291. The largest absolute Gasteiger partial charge is 0.389 e. The Balaban J connectivity index is 3.21. The van der Waals surface area contributed by atoms with Gasteiger partial charge in [0, 0.05) is 39.4 Å². The summed E-state index contributed by atoms with van der Waals surface area (Å²) in [6.45, 7) is 15.0. The summed E-state index contributed by atoms with van der Waals surface area (Å²) in [5, 5.41) is 25.7. The molecule has 2 atom stereocenters. The maximum atomic E-state index is 9.73. The molecule has 0 aromatic carbocycles. The van der Waals surface area contributed by atoms with Gasteiger partial charge in [-0.25, -0.2) is 0 Å². The van der Waals surface area contributed by atoms with E-state index in [2.05, 4.69) is 38.3 Å². The summed E-state index contributed by atoms with van der Waals surface area (Å²) in [6, 6.07) is 0. The van der Waals surface area contributed by atoms with Crippen molar-refractivity contribution in [2.24, 2.45) is 11.8 Å². The maximum absolute atomic E-state index is 9.73. The van der Waals surface area contributed by atoms with Crippen LogP contribution >= 0.6 is 0 Å². The molecule has 0 aliphatic rings. The molecule has 0 spiro atoms. The number of ether oxygens (including phenoxy) is 4. The van der Waals surface area contributed by atoms with Crippen LogP contribution in [0.3, 0.4) is 0 Å². The predicted octanol–water partition coefficient (Wildman–Crippen LogP) is 0.266. The average Bonchev–Trinajstić information content (AvgIpc) is 2.62. The summed E-state index contributed by atoms with van der Waals surface area (Å²) in [4.78, 5) is 0. The van der Waals surface area contributed by atoms with Crippen molar-refractivity contribution in [1.29, 1.82) is 0 Å². The van der Waals surface area contributed by atoms with E-state index >= 15 is 0 Å². The molecular formula is C20H44N2O6. The summed E-state index contributed by atoms with van der Waals surface area (Å²) < 4.78 is 21.7. The topological polar surface area (TPSA) is 101 Å². The van der Waals surface area contributed by atoms with E-state index in [0.29, 0.717) is 90.9 Å². The molecule has 0 saturated heterocycles. The van der Waals surface area contributed by atoms with Crippen molar-refractivity contribution in [3.05, 3.63) is 0 Å². The Labute approximate surface area is 171 Å². The molecule has 0 fully saturated rings. The van der Waals surface area contributed by atoms with Gasteiger partial charge >= 0.3 is 0 Å². The lowest BCUT2D eigenvalue weighted by molar-refractivity contribution is 0.0215. The number of nitrogens with one attached hydrogen (secondary N) is 2. The van der Waals surface area contributed by atoms with Gasteiger partial charge in [-0.2, -0.15) is 0 Å². The Morgan fingerprint density at radius 3 is 1.32 bits per heavy atom. The molecule has 4 N–H and O–H groups in total. The molecule has 0 aromatic rings. The quantitative estimate of drug-likeness (QED) is 0.201. The van der Waals surface area contributed by atoms with Crippen LogP contribution in [0.25, 0.3) is 0 Å². The van der Waals surface area contributed by atoms with E-state index in [1.54, 1.807) is 0 Å². The second-order valence-electron chi connectivity index (χ2n) is 7.80. The van der Waals surface area contributed by atoms with Crippen molar-refractivity contribution >= 4 is 0 Å². The van der Waals surface area contributed by atoms with Crippen molar-refractivity contribution in [3.63, 3.8) is 0 Å². The number of aliphatic hydroxyl groups excluding tert-OH is 2. The fourth-order valence-corrected chi connectivity index (χ4v) is 2.15. The summed E-state index contributed by atoms with van der Waals surface area (Å²) in [7, 11) is 0. The van der Waals surface area contributed by atoms with E-state index in [0.717, 1.165) is 0 Å². The molecule has 0 radical (unpaired) electrons. The minimum Gasteiger partial charge on any atom is -0.389 e. The Kier molecular flexibility index (Phi) is 19.7. The highest BCUT2D eigenvalue weighted by atomic mass is 16.5. The van der Waals surface area contributed by atoms with Gasteiger partial charge in [-0.1, -0.05) is 27.7 Å². The van der Waals surface area contributed by atoms with Crippen molar-refractivity contribution in [2.75, 3.05) is 79.0 Å². The van der Waals surface area contributed by atoms with Crippen LogP contribution in [0.1, 0.15) is 27.7 Å². The highest BCUT2D eigenvalue weighted by Crippen LogP contribution is 1.94. The predicted molar refractivity (Wildman–Crippen MR) is 111 cm³/mol. The summed E-state index contributed by atoms with van der Waals surface area (Å²) in [5.74, 6) is 0.958. The first-order chi connectivity index (χ1) is 13.4. The van der Waals surface area contributed by atoms with Crippen molar-refractivity contribution in [3.8, 4) is 0 Å². The molecule has 8 nitrogen and oxygen atoms in total. The molecule has 0 amide bonds. The van der Waals surface area contributed by atoms with Crippen LogP contribution in [0.4, 0.5) is 0 Å². The Hall–Kier alpha value is -0.320. The molecule has 28 heavy (non-hydrogen) atoms. The van der Waals surface area contributed by atoms with Crippen LogP contribution in [0.15, 0.2) is 0 Å². The third-order valence-electron chi connectivity index (χ3n) is 3.50. The highest BCUT2D eigenvalue weighted by Gasteiger charge is 2.05. The lowest BCUT2D eigenvalue weighted by Crippen LogP contribution is -2.33. The lowest BCUT2D eigenvalue weighted by Gasteiger charge is -2.14. The molecule has 0 saturated carbocycles. The van der Waals surface area contributed by atoms with Gasteiger partial charge in [-0.3, -0.25) is 0 Å². The number of aliphatic hydroxyl groups is 2. The SMILES string of the molecule is CC(C)COCC(O)CNCCOCCOCCNCC(O)COCC(C)C. The number of hydrogen-bond donors (Lipinski definition) is 4. The normalized spacial score (nSPS) is 14.1. The fourth-order valence-electron chi connectivity index (χ4n) is 2.15. The van der Waals surface area contributed by atoms with E-state index < -0.39 is 12.2 Å². The summed E-state index contributed by atoms with van der Waals surface area (Å²) in [6.07, 6.45) is -0.982. The van der Waals surface area contributed by atoms with E-state index in [9.17, 15) is 10.2 Å². The zero-order valence-corrected chi connectivity index (χ0v) is 18.3. The Morgan fingerprint density at radius 2 is 0.964 bits per heavy atom. The molecule has 0 aliphatic carbocycles. The molecule has 170 valence electrons. The fraction of sp³-hybridized carbons (Fsp3) is 1.00. The minimum atomic E-state index is -0.491. The first-order valence-corrected chi connectivity index (χ1v) is 10.5.